The summed E-state index contributed by atoms with van der Waals surface area (Å²) < 4.78 is 0. The van der Waals surface area contributed by atoms with Gasteiger partial charge in [0.1, 0.15) is 0 Å². The standard InChI is InChI=1S/C12H18N2S/c1-7-5-10(7)12-14-8(2)11(15-12)6-13-9-3-4-9/h7,9-10,13H,3-6H2,1-2H3. The van der Waals surface area contributed by atoms with Gasteiger partial charge in [0, 0.05) is 23.4 Å². The van der Waals surface area contributed by atoms with Gasteiger partial charge in [-0.25, -0.2) is 4.98 Å². The van der Waals surface area contributed by atoms with Crippen molar-refractivity contribution >= 4 is 11.3 Å². The van der Waals surface area contributed by atoms with E-state index in [4.69, 9.17) is 4.98 Å². The maximum absolute atomic E-state index is 4.70. The Bertz CT molecular complexity index is 368. The number of aromatic nitrogens is 1. The fraction of sp³-hybridized carbons (Fsp3) is 0.750. The molecule has 1 aromatic rings. The van der Waals surface area contributed by atoms with Crippen molar-refractivity contribution in [1.82, 2.24) is 10.3 Å². The Hall–Kier alpha value is -0.410. The highest BCUT2D eigenvalue weighted by molar-refractivity contribution is 7.11. The van der Waals surface area contributed by atoms with Gasteiger partial charge < -0.3 is 5.32 Å². The summed E-state index contributed by atoms with van der Waals surface area (Å²) in [4.78, 5) is 6.15. The molecule has 0 bridgehead atoms. The lowest BCUT2D eigenvalue weighted by Gasteiger charge is -1.99. The highest BCUT2D eigenvalue weighted by atomic mass is 32.1. The molecule has 1 N–H and O–H groups in total. The summed E-state index contributed by atoms with van der Waals surface area (Å²) in [6, 6.07) is 0.801. The number of hydrogen-bond acceptors (Lipinski definition) is 3. The molecule has 0 aromatic carbocycles. The third kappa shape index (κ3) is 2.08. The molecule has 82 valence electrons. The van der Waals surface area contributed by atoms with E-state index in [1.54, 1.807) is 0 Å². The Kier molecular flexibility index (Phi) is 2.33. The molecule has 0 saturated heterocycles. The first kappa shape index (κ1) is 9.79. The Balaban J connectivity index is 1.67. The van der Waals surface area contributed by atoms with Gasteiger partial charge in [0.2, 0.25) is 0 Å². The van der Waals surface area contributed by atoms with E-state index in [0.717, 1.165) is 24.4 Å². The molecule has 0 spiro atoms. The smallest absolute Gasteiger partial charge is 0.0965 e. The van der Waals surface area contributed by atoms with Crippen molar-refractivity contribution in [1.29, 1.82) is 0 Å². The van der Waals surface area contributed by atoms with E-state index in [-0.39, 0.29) is 0 Å². The maximum Gasteiger partial charge on any atom is 0.0965 e. The van der Waals surface area contributed by atoms with Crippen LogP contribution >= 0.6 is 11.3 Å². The van der Waals surface area contributed by atoms with Gasteiger partial charge in [-0.2, -0.15) is 0 Å². The first-order chi connectivity index (χ1) is 7.24. The molecule has 1 heterocycles. The minimum atomic E-state index is 0.781. The Morgan fingerprint density at radius 1 is 1.47 bits per heavy atom. The zero-order valence-corrected chi connectivity index (χ0v) is 10.2. The van der Waals surface area contributed by atoms with Crippen LogP contribution in [0.3, 0.4) is 0 Å². The molecule has 3 rings (SSSR count). The van der Waals surface area contributed by atoms with Crippen molar-refractivity contribution in [3.05, 3.63) is 15.6 Å². The van der Waals surface area contributed by atoms with Gasteiger partial charge in [0.15, 0.2) is 0 Å². The SMILES string of the molecule is Cc1nc(C2CC2C)sc1CNC1CC1. The van der Waals surface area contributed by atoms with E-state index < -0.39 is 0 Å². The lowest BCUT2D eigenvalue weighted by molar-refractivity contribution is 0.691. The van der Waals surface area contributed by atoms with E-state index >= 15 is 0 Å². The first-order valence-corrected chi connectivity index (χ1v) is 6.75. The van der Waals surface area contributed by atoms with Gasteiger partial charge >= 0.3 is 0 Å². The lowest BCUT2D eigenvalue weighted by Crippen LogP contribution is -2.14. The molecular formula is C12H18N2S. The van der Waals surface area contributed by atoms with Crippen LogP contribution in [0.15, 0.2) is 0 Å². The monoisotopic (exact) mass is 222 g/mol. The Labute approximate surface area is 95.1 Å². The van der Waals surface area contributed by atoms with Gasteiger partial charge in [0.25, 0.3) is 0 Å². The fourth-order valence-electron chi connectivity index (χ4n) is 1.96. The van der Waals surface area contributed by atoms with Crippen molar-refractivity contribution in [3.8, 4) is 0 Å². The minimum absolute atomic E-state index is 0.781. The van der Waals surface area contributed by atoms with E-state index in [9.17, 15) is 0 Å². The van der Waals surface area contributed by atoms with Crippen molar-refractivity contribution in [3.63, 3.8) is 0 Å². The molecule has 2 saturated carbocycles. The molecule has 2 nitrogen and oxygen atoms in total. The van der Waals surface area contributed by atoms with Crippen LogP contribution in [0.5, 0.6) is 0 Å². The largest absolute Gasteiger partial charge is 0.309 e. The summed E-state index contributed by atoms with van der Waals surface area (Å²) >= 11 is 1.93. The quantitative estimate of drug-likeness (QED) is 0.847. The average Bonchev–Trinajstić information content (AvgIpc) is 3.09. The van der Waals surface area contributed by atoms with Crippen molar-refractivity contribution < 1.29 is 0 Å². The molecule has 2 aliphatic carbocycles. The van der Waals surface area contributed by atoms with Crippen LogP contribution < -0.4 is 5.32 Å². The molecule has 0 radical (unpaired) electrons. The first-order valence-electron chi connectivity index (χ1n) is 5.93. The molecule has 2 unspecified atom stereocenters. The van der Waals surface area contributed by atoms with E-state index in [0.29, 0.717) is 0 Å². The fourth-order valence-corrected chi connectivity index (χ4v) is 3.23. The van der Waals surface area contributed by atoms with Gasteiger partial charge in [-0.3, -0.25) is 0 Å². The normalized spacial score (nSPS) is 29.5. The predicted molar refractivity (Wildman–Crippen MR) is 63.2 cm³/mol. The molecule has 3 heteroatoms. The summed E-state index contributed by atoms with van der Waals surface area (Å²) in [5, 5.41) is 4.95. The molecule has 0 aliphatic heterocycles. The zero-order valence-electron chi connectivity index (χ0n) is 9.42. The van der Waals surface area contributed by atoms with Crippen LogP contribution in [-0.4, -0.2) is 11.0 Å². The van der Waals surface area contributed by atoms with Crippen LogP contribution in [0.2, 0.25) is 0 Å². The molecule has 15 heavy (non-hydrogen) atoms. The summed E-state index contributed by atoms with van der Waals surface area (Å²) in [7, 11) is 0. The van der Waals surface area contributed by atoms with Gasteiger partial charge in [-0.1, -0.05) is 6.92 Å². The highest BCUT2D eigenvalue weighted by Gasteiger charge is 2.36. The second-order valence-corrected chi connectivity index (χ2v) is 6.15. The van der Waals surface area contributed by atoms with E-state index in [1.807, 2.05) is 11.3 Å². The second kappa shape index (κ2) is 3.56. The highest BCUT2D eigenvalue weighted by Crippen LogP contribution is 2.48. The zero-order chi connectivity index (χ0) is 10.4. The van der Waals surface area contributed by atoms with Gasteiger partial charge in [-0.05, 0) is 32.1 Å². The minimum Gasteiger partial charge on any atom is -0.309 e. The summed E-state index contributed by atoms with van der Waals surface area (Å²) in [5.74, 6) is 1.66. The van der Waals surface area contributed by atoms with Gasteiger partial charge in [-0.15, -0.1) is 11.3 Å². The van der Waals surface area contributed by atoms with Gasteiger partial charge in [0.05, 0.1) is 10.7 Å². The Morgan fingerprint density at radius 3 is 2.80 bits per heavy atom. The van der Waals surface area contributed by atoms with Crippen LogP contribution in [0.25, 0.3) is 0 Å². The number of hydrogen-bond donors (Lipinski definition) is 1. The molecule has 2 atom stereocenters. The number of thiazole rings is 1. The number of aryl methyl sites for hydroxylation is 1. The topological polar surface area (TPSA) is 24.9 Å². The summed E-state index contributed by atoms with van der Waals surface area (Å²) in [5.41, 5.74) is 1.25. The van der Waals surface area contributed by atoms with E-state index in [1.165, 1.54) is 34.8 Å². The van der Waals surface area contributed by atoms with Crippen molar-refractivity contribution in [2.24, 2.45) is 5.92 Å². The van der Waals surface area contributed by atoms with Crippen LogP contribution in [0.4, 0.5) is 0 Å². The molecular weight excluding hydrogens is 204 g/mol. The molecule has 2 aliphatic rings. The number of rotatable bonds is 4. The van der Waals surface area contributed by atoms with Crippen LogP contribution in [0, 0.1) is 12.8 Å². The molecule has 2 fully saturated rings. The Morgan fingerprint density at radius 2 is 2.20 bits per heavy atom. The lowest BCUT2D eigenvalue weighted by atomic mass is 10.3. The third-order valence-corrected chi connectivity index (χ3v) is 4.75. The van der Waals surface area contributed by atoms with Crippen molar-refractivity contribution in [2.45, 2.75) is 51.6 Å². The predicted octanol–water partition coefficient (Wildman–Crippen LogP) is 2.83. The average molecular weight is 222 g/mol. The number of nitrogens with zero attached hydrogens (tertiary/aromatic N) is 1. The molecule has 1 aromatic heterocycles. The van der Waals surface area contributed by atoms with Crippen LogP contribution in [-0.2, 0) is 6.54 Å². The summed E-state index contributed by atoms with van der Waals surface area (Å²) in [6.45, 7) is 5.51. The summed E-state index contributed by atoms with van der Waals surface area (Å²) in [6.07, 6.45) is 4.08. The number of nitrogens with one attached hydrogen (secondary N) is 1. The van der Waals surface area contributed by atoms with Crippen molar-refractivity contribution in [2.75, 3.05) is 0 Å². The maximum atomic E-state index is 4.70. The van der Waals surface area contributed by atoms with Crippen LogP contribution in [0.1, 0.15) is 47.7 Å². The van der Waals surface area contributed by atoms with E-state index in [2.05, 4.69) is 19.2 Å². The second-order valence-electron chi connectivity index (χ2n) is 5.04. The third-order valence-electron chi connectivity index (χ3n) is 3.46. The molecule has 0 amide bonds.